The Bertz CT molecular complexity index is 562. The highest BCUT2D eigenvalue weighted by Crippen LogP contribution is 2.29. The van der Waals surface area contributed by atoms with Crippen LogP contribution in [0.1, 0.15) is 49.1 Å². The number of likely N-dealkylation sites (tertiary alicyclic amines) is 1. The fourth-order valence-corrected chi connectivity index (χ4v) is 4.33. The van der Waals surface area contributed by atoms with Crippen LogP contribution in [0.4, 0.5) is 9.93 Å². The van der Waals surface area contributed by atoms with Crippen LogP contribution < -0.4 is 5.32 Å². The predicted molar refractivity (Wildman–Crippen MR) is 88.9 cm³/mol. The summed E-state index contributed by atoms with van der Waals surface area (Å²) < 4.78 is 0. The van der Waals surface area contributed by atoms with Crippen LogP contribution in [0.5, 0.6) is 0 Å². The molecule has 1 aliphatic carbocycles. The SMILES string of the molecule is O=C(O)C1CCCN(C(=O)Nc2nc3c(s2)CCCCCC3)C1. The highest BCUT2D eigenvalue weighted by molar-refractivity contribution is 7.15. The van der Waals surface area contributed by atoms with Gasteiger partial charge in [-0.15, -0.1) is 11.3 Å². The molecule has 1 aromatic rings. The van der Waals surface area contributed by atoms with Crippen molar-refractivity contribution in [1.82, 2.24) is 9.88 Å². The number of urea groups is 1. The molecule has 126 valence electrons. The Morgan fingerprint density at radius 2 is 1.96 bits per heavy atom. The lowest BCUT2D eigenvalue weighted by atomic mass is 9.99. The molecule has 2 heterocycles. The van der Waals surface area contributed by atoms with Gasteiger partial charge in [0.2, 0.25) is 0 Å². The maximum Gasteiger partial charge on any atom is 0.323 e. The number of carbonyl (C=O) groups is 2. The summed E-state index contributed by atoms with van der Waals surface area (Å²) in [6.45, 7) is 0.896. The van der Waals surface area contributed by atoms with Crippen LogP contribution in [-0.2, 0) is 17.6 Å². The van der Waals surface area contributed by atoms with E-state index in [9.17, 15) is 9.59 Å². The lowest BCUT2D eigenvalue weighted by molar-refractivity contribution is -0.143. The van der Waals surface area contributed by atoms with Gasteiger partial charge in [-0.1, -0.05) is 12.8 Å². The summed E-state index contributed by atoms with van der Waals surface area (Å²) in [7, 11) is 0. The molecule has 1 aliphatic heterocycles. The maximum atomic E-state index is 12.4. The van der Waals surface area contributed by atoms with Gasteiger partial charge >= 0.3 is 12.0 Å². The van der Waals surface area contributed by atoms with Crippen molar-refractivity contribution in [2.75, 3.05) is 18.4 Å². The highest BCUT2D eigenvalue weighted by Gasteiger charge is 2.28. The second kappa shape index (κ2) is 7.29. The van der Waals surface area contributed by atoms with Gasteiger partial charge in [0, 0.05) is 18.0 Å². The van der Waals surface area contributed by atoms with E-state index in [1.165, 1.54) is 24.1 Å². The zero-order valence-corrected chi connectivity index (χ0v) is 14.0. The fraction of sp³-hybridized carbons (Fsp3) is 0.688. The van der Waals surface area contributed by atoms with Crippen molar-refractivity contribution >= 4 is 28.5 Å². The Morgan fingerprint density at radius 1 is 1.17 bits per heavy atom. The van der Waals surface area contributed by atoms with Gasteiger partial charge in [-0.25, -0.2) is 9.78 Å². The molecule has 1 saturated heterocycles. The fourth-order valence-electron chi connectivity index (χ4n) is 3.29. The molecule has 0 aromatic carbocycles. The normalized spacial score (nSPS) is 21.9. The first-order valence-corrected chi connectivity index (χ1v) is 9.22. The van der Waals surface area contributed by atoms with Crippen molar-refractivity contribution in [3.8, 4) is 0 Å². The molecule has 2 aliphatic rings. The minimum atomic E-state index is -0.820. The monoisotopic (exact) mass is 337 g/mol. The number of piperidine rings is 1. The molecule has 2 amide bonds. The van der Waals surface area contributed by atoms with Crippen molar-refractivity contribution in [1.29, 1.82) is 0 Å². The van der Waals surface area contributed by atoms with Crippen LogP contribution in [0.2, 0.25) is 0 Å². The summed E-state index contributed by atoms with van der Waals surface area (Å²) in [5.41, 5.74) is 1.13. The number of amides is 2. The number of aromatic nitrogens is 1. The number of carboxylic acids is 1. The van der Waals surface area contributed by atoms with Gasteiger partial charge in [0.15, 0.2) is 5.13 Å². The number of anilines is 1. The molecule has 1 aromatic heterocycles. The third-order valence-corrected chi connectivity index (χ3v) is 5.69. The molecule has 6 nitrogen and oxygen atoms in total. The number of nitrogens with zero attached hydrogens (tertiary/aromatic N) is 2. The Morgan fingerprint density at radius 3 is 2.74 bits per heavy atom. The highest BCUT2D eigenvalue weighted by atomic mass is 32.1. The van der Waals surface area contributed by atoms with Gasteiger partial charge in [-0.2, -0.15) is 0 Å². The number of hydrogen-bond donors (Lipinski definition) is 2. The van der Waals surface area contributed by atoms with Gasteiger partial charge in [0.25, 0.3) is 0 Å². The van der Waals surface area contributed by atoms with E-state index in [1.807, 2.05) is 0 Å². The molecule has 0 spiro atoms. The number of hydrogen-bond acceptors (Lipinski definition) is 4. The number of carboxylic acid groups (broad SMARTS) is 1. The van der Waals surface area contributed by atoms with E-state index < -0.39 is 11.9 Å². The Kier molecular flexibility index (Phi) is 5.15. The molecule has 0 saturated carbocycles. The second-order valence-electron chi connectivity index (χ2n) is 6.36. The van der Waals surface area contributed by atoms with Crippen LogP contribution in [0.25, 0.3) is 0 Å². The van der Waals surface area contributed by atoms with E-state index >= 15 is 0 Å². The van der Waals surface area contributed by atoms with Crippen LogP contribution in [-0.4, -0.2) is 40.1 Å². The number of nitrogens with one attached hydrogen (secondary N) is 1. The van der Waals surface area contributed by atoms with Crippen molar-refractivity contribution in [3.63, 3.8) is 0 Å². The molecular weight excluding hydrogens is 314 g/mol. The number of rotatable bonds is 2. The largest absolute Gasteiger partial charge is 0.481 e. The van der Waals surface area contributed by atoms with Gasteiger partial charge in [0.05, 0.1) is 11.6 Å². The standard InChI is InChI=1S/C16H23N3O3S/c20-14(21)11-6-5-9-19(10-11)16(22)18-15-17-12-7-3-1-2-4-8-13(12)23-15/h11H,1-10H2,(H,20,21)(H,17,18,22). The topological polar surface area (TPSA) is 82.5 Å². The molecular formula is C16H23N3O3S. The van der Waals surface area contributed by atoms with Gasteiger partial charge < -0.3 is 10.0 Å². The van der Waals surface area contributed by atoms with Crippen LogP contribution >= 0.6 is 11.3 Å². The maximum absolute atomic E-state index is 12.4. The van der Waals surface area contributed by atoms with E-state index in [0.29, 0.717) is 18.1 Å². The Balaban J connectivity index is 1.63. The quantitative estimate of drug-likeness (QED) is 0.868. The van der Waals surface area contributed by atoms with E-state index in [4.69, 9.17) is 5.11 Å². The number of carbonyl (C=O) groups excluding carboxylic acids is 1. The summed E-state index contributed by atoms with van der Waals surface area (Å²) >= 11 is 1.57. The van der Waals surface area contributed by atoms with Crippen molar-refractivity contribution in [3.05, 3.63) is 10.6 Å². The average Bonchev–Trinajstić information content (AvgIpc) is 2.88. The number of aliphatic carboxylic acids is 1. The van der Waals surface area contributed by atoms with E-state index in [1.54, 1.807) is 16.2 Å². The first-order valence-electron chi connectivity index (χ1n) is 8.41. The summed E-state index contributed by atoms with van der Waals surface area (Å²) in [6.07, 6.45) is 8.29. The van der Waals surface area contributed by atoms with Gasteiger partial charge in [-0.3, -0.25) is 10.1 Å². The lowest BCUT2D eigenvalue weighted by Gasteiger charge is -2.30. The van der Waals surface area contributed by atoms with Crippen molar-refractivity contribution in [2.24, 2.45) is 5.92 Å². The third kappa shape index (κ3) is 4.02. The van der Waals surface area contributed by atoms with Crippen molar-refractivity contribution in [2.45, 2.75) is 51.4 Å². The van der Waals surface area contributed by atoms with Gasteiger partial charge in [0.1, 0.15) is 0 Å². The predicted octanol–water partition coefficient (Wildman–Crippen LogP) is 3.13. The summed E-state index contributed by atoms with van der Waals surface area (Å²) in [4.78, 5) is 31.0. The average molecular weight is 337 g/mol. The smallest absolute Gasteiger partial charge is 0.323 e. The minimum absolute atomic E-state index is 0.224. The number of thiazole rings is 1. The zero-order valence-electron chi connectivity index (χ0n) is 13.2. The van der Waals surface area contributed by atoms with Crippen molar-refractivity contribution < 1.29 is 14.7 Å². The molecule has 7 heteroatoms. The molecule has 3 rings (SSSR count). The minimum Gasteiger partial charge on any atom is -0.481 e. The number of aryl methyl sites for hydroxylation is 2. The van der Waals surface area contributed by atoms with E-state index in [2.05, 4.69) is 10.3 Å². The number of fused-ring (bicyclic) bond motifs is 1. The van der Waals surface area contributed by atoms with E-state index in [-0.39, 0.29) is 12.6 Å². The molecule has 1 atom stereocenters. The van der Waals surface area contributed by atoms with Crippen LogP contribution in [0, 0.1) is 5.92 Å². The zero-order chi connectivity index (χ0) is 16.2. The molecule has 1 unspecified atom stereocenters. The molecule has 23 heavy (non-hydrogen) atoms. The Hall–Kier alpha value is -1.63. The molecule has 0 bridgehead atoms. The summed E-state index contributed by atoms with van der Waals surface area (Å²) in [5, 5.41) is 12.6. The lowest BCUT2D eigenvalue weighted by Crippen LogP contribution is -2.44. The molecule has 1 fully saturated rings. The van der Waals surface area contributed by atoms with Gasteiger partial charge in [-0.05, 0) is 38.5 Å². The summed E-state index contributed by atoms with van der Waals surface area (Å²) in [6, 6.07) is -0.224. The first kappa shape index (κ1) is 16.2. The molecule has 0 radical (unpaired) electrons. The van der Waals surface area contributed by atoms with E-state index in [0.717, 1.165) is 31.4 Å². The van der Waals surface area contributed by atoms with Crippen LogP contribution in [0.3, 0.4) is 0 Å². The summed E-state index contributed by atoms with van der Waals surface area (Å²) in [5.74, 6) is -1.27. The first-order chi connectivity index (χ1) is 11.1. The third-order valence-electron chi connectivity index (χ3n) is 4.62. The molecule has 2 N–H and O–H groups in total. The Labute approximate surface area is 139 Å². The second-order valence-corrected chi connectivity index (χ2v) is 7.44. The van der Waals surface area contributed by atoms with Crippen LogP contribution in [0.15, 0.2) is 0 Å².